The zero-order chi connectivity index (χ0) is 10.0. The number of nitrogens with zero attached hydrogens (tertiary/aromatic N) is 1. The number of rotatable bonds is 2. The summed E-state index contributed by atoms with van der Waals surface area (Å²) in [5.74, 6) is 0. The molecule has 0 bridgehead atoms. The summed E-state index contributed by atoms with van der Waals surface area (Å²) in [5, 5.41) is 0. The van der Waals surface area contributed by atoms with Crippen molar-refractivity contribution in [3.8, 4) is 0 Å². The fourth-order valence-corrected chi connectivity index (χ4v) is 1.92. The van der Waals surface area contributed by atoms with E-state index < -0.39 is 0 Å². The summed E-state index contributed by atoms with van der Waals surface area (Å²) in [6.07, 6.45) is 1.75. The van der Waals surface area contributed by atoms with Crippen LogP contribution in [-0.4, -0.2) is 4.57 Å². The van der Waals surface area contributed by atoms with E-state index in [2.05, 4.69) is 33.5 Å². The van der Waals surface area contributed by atoms with Gasteiger partial charge in [-0.25, -0.2) is 0 Å². The third kappa shape index (κ3) is 2.36. The van der Waals surface area contributed by atoms with E-state index in [1.807, 2.05) is 6.92 Å². The van der Waals surface area contributed by atoms with Crippen molar-refractivity contribution in [1.82, 2.24) is 9.29 Å². The largest absolute Gasteiger partial charge is 0.317 e. The van der Waals surface area contributed by atoms with Crippen molar-refractivity contribution in [2.45, 2.75) is 13.0 Å². The lowest BCUT2D eigenvalue weighted by Gasteiger charge is -2.12. The summed E-state index contributed by atoms with van der Waals surface area (Å²) >= 11 is 7.34. The third-order valence-electron chi connectivity index (χ3n) is 1.87. The first-order valence-corrected chi connectivity index (χ1v) is 5.06. The molecule has 0 unspecified atom stereocenters. The Kier molecular flexibility index (Phi) is 3.58. The molecule has 0 aliphatic carbocycles. The van der Waals surface area contributed by atoms with Gasteiger partial charge in [0.05, 0.1) is 0 Å². The molecule has 72 valence electrons. The van der Waals surface area contributed by atoms with Crippen LogP contribution in [-0.2, 0) is 7.05 Å². The second-order valence-corrected chi connectivity index (χ2v) is 3.99. The van der Waals surface area contributed by atoms with E-state index in [9.17, 15) is 4.79 Å². The summed E-state index contributed by atoms with van der Waals surface area (Å²) in [6.45, 7) is 1.94. The molecule has 0 aliphatic heterocycles. The van der Waals surface area contributed by atoms with Gasteiger partial charge in [0, 0.05) is 29.8 Å². The van der Waals surface area contributed by atoms with Crippen LogP contribution in [0.15, 0.2) is 21.5 Å². The number of hydrogen-bond donors (Lipinski definition) is 2. The van der Waals surface area contributed by atoms with Gasteiger partial charge in [-0.1, -0.05) is 12.8 Å². The SMILES string of the molecule is C[C@H](NS)c1cc(=O)n(C)cc1Br. The number of aryl methyl sites for hydroxylation is 1. The summed E-state index contributed by atoms with van der Waals surface area (Å²) in [7, 11) is 1.72. The average Bonchev–Trinajstić information content (AvgIpc) is 2.10. The van der Waals surface area contributed by atoms with E-state index in [1.54, 1.807) is 19.3 Å². The predicted octanol–water partition coefficient (Wildman–Crippen LogP) is 1.64. The van der Waals surface area contributed by atoms with Crippen LogP contribution in [0.5, 0.6) is 0 Å². The molecule has 0 spiro atoms. The summed E-state index contributed by atoms with van der Waals surface area (Å²) in [5.41, 5.74) is 0.895. The second-order valence-electron chi connectivity index (χ2n) is 2.88. The van der Waals surface area contributed by atoms with Gasteiger partial charge in [-0.05, 0) is 28.4 Å². The minimum absolute atomic E-state index is 0.0198. The second kappa shape index (κ2) is 4.30. The predicted molar refractivity (Wildman–Crippen MR) is 59.9 cm³/mol. The Morgan fingerprint density at radius 3 is 2.85 bits per heavy atom. The van der Waals surface area contributed by atoms with Gasteiger partial charge in [-0.15, -0.1) is 0 Å². The topological polar surface area (TPSA) is 34.0 Å². The highest BCUT2D eigenvalue weighted by atomic mass is 79.9. The summed E-state index contributed by atoms with van der Waals surface area (Å²) in [6, 6.07) is 1.64. The molecular weight excluding hydrogens is 252 g/mol. The Bertz CT molecular complexity index is 364. The average molecular weight is 263 g/mol. The van der Waals surface area contributed by atoms with Crippen molar-refractivity contribution in [3.63, 3.8) is 0 Å². The van der Waals surface area contributed by atoms with Crippen LogP contribution in [0.3, 0.4) is 0 Å². The molecule has 1 rings (SSSR count). The maximum atomic E-state index is 11.3. The van der Waals surface area contributed by atoms with Crippen LogP contribution in [0.25, 0.3) is 0 Å². The lowest BCUT2D eigenvalue weighted by molar-refractivity contribution is 0.737. The maximum Gasteiger partial charge on any atom is 0.250 e. The van der Waals surface area contributed by atoms with Gasteiger partial charge < -0.3 is 4.57 Å². The zero-order valence-electron chi connectivity index (χ0n) is 7.41. The Morgan fingerprint density at radius 1 is 1.69 bits per heavy atom. The van der Waals surface area contributed by atoms with E-state index in [-0.39, 0.29) is 11.6 Å². The first-order chi connectivity index (χ1) is 6.06. The van der Waals surface area contributed by atoms with Crippen LogP contribution in [0.2, 0.25) is 0 Å². The standard InChI is InChI=1S/C8H11BrN2OS/c1-5(10-13)6-3-8(12)11(2)4-7(6)9/h3-5,10,13H,1-2H3/t5-/m0/s1. The monoisotopic (exact) mass is 262 g/mol. The highest BCUT2D eigenvalue weighted by Crippen LogP contribution is 2.21. The Morgan fingerprint density at radius 2 is 2.31 bits per heavy atom. The Balaban J connectivity index is 3.23. The summed E-state index contributed by atoms with van der Waals surface area (Å²) in [4.78, 5) is 11.3. The van der Waals surface area contributed by atoms with Crippen molar-refractivity contribution in [3.05, 3.63) is 32.7 Å². The van der Waals surface area contributed by atoms with Crippen LogP contribution < -0.4 is 10.3 Å². The van der Waals surface area contributed by atoms with Gasteiger partial charge in [0.2, 0.25) is 0 Å². The minimum Gasteiger partial charge on any atom is -0.317 e. The normalized spacial score (nSPS) is 12.9. The minimum atomic E-state index is -0.0198. The van der Waals surface area contributed by atoms with E-state index in [0.29, 0.717) is 0 Å². The summed E-state index contributed by atoms with van der Waals surface area (Å²) < 4.78 is 5.22. The van der Waals surface area contributed by atoms with Gasteiger partial charge in [0.1, 0.15) is 0 Å². The number of aromatic nitrogens is 1. The van der Waals surface area contributed by atoms with Gasteiger partial charge in [0.15, 0.2) is 0 Å². The van der Waals surface area contributed by atoms with Gasteiger partial charge >= 0.3 is 0 Å². The van der Waals surface area contributed by atoms with E-state index in [1.165, 1.54) is 4.57 Å². The third-order valence-corrected chi connectivity index (χ3v) is 2.92. The molecule has 0 aliphatic rings. The maximum absolute atomic E-state index is 11.3. The number of thiol groups is 1. The molecule has 13 heavy (non-hydrogen) atoms. The molecule has 1 atom stereocenters. The fourth-order valence-electron chi connectivity index (χ4n) is 1.01. The molecule has 1 N–H and O–H groups in total. The van der Waals surface area contributed by atoms with Gasteiger partial charge in [0.25, 0.3) is 5.56 Å². The lowest BCUT2D eigenvalue weighted by Crippen LogP contribution is -2.19. The van der Waals surface area contributed by atoms with Crippen LogP contribution >= 0.6 is 28.7 Å². The van der Waals surface area contributed by atoms with Gasteiger partial charge in [-0.2, -0.15) is 0 Å². The van der Waals surface area contributed by atoms with Crippen molar-refractivity contribution < 1.29 is 0 Å². The molecule has 5 heteroatoms. The van der Waals surface area contributed by atoms with Crippen molar-refractivity contribution in [2.75, 3.05) is 0 Å². The van der Waals surface area contributed by atoms with Crippen molar-refractivity contribution in [2.24, 2.45) is 7.05 Å². The number of nitrogens with one attached hydrogen (secondary N) is 1. The lowest BCUT2D eigenvalue weighted by atomic mass is 10.1. The molecule has 1 heterocycles. The number of pyridine rings is 1. The zero-order valence-corrected chi connectivity index (χ0v) is 9.89. The molecule has 0 saturated heterocycles. The van der Waals surface area contributed by atoms with Gasteiger partial charge in [-0.3, -0.25) is 9.52 Å². The van der Waals surface area contributed by atoms with E-state index in [0.717, 1.165) is 10.0 Å². The van der Waals surface area contributed by atoms with E-state index in [4.69, 9.17) is 0 Å². The van der Waals surface area contributed by atoms with Crippen LogP contribution in [0.1, 0.15) is 18.5 Å². The van der Waals surface area contributed by atoms with Crippen molar-refractivity contribution in [1.29, 1.82) is 0 Å². The highest BCUT2D eigenvalue weighted by Gasteiger charge is 2.08. The first kappa shape index (κ1) is 10.8. The molecule has 0 saturated carbocycles. The number of hydrogen-bond acceptors (Lipinski definition) is 3. The highest BCUT2D eigenvalue weighted by molar-refractivity contribution is 9.10. The van der Waals surface area contributed by atoms with Crippen molar-refractivity contribution >= 4 is 28.7 Å². The number of halogens is 1. The molecule has 1 aromatic heterocycles. The van der Waals surface area contributed by atoms with Crippen LogP contribution in [0, 0.1) is 0 Å². The Hall–Kier alpha value is -0.260. The molecule has 3 nitrogen and oxygen atoms in total. The molecule has 1 aromatic rings. The molecular formula is C8H11BrN2OS. The molecule has 0 amide bonds. The van der Waals surface area contributed by atoms with Crippen LogP contribution in [0.4, 0.5) is 0 Å². The Labute approximate surface area is 90.8 Å². The first-order valence-electron chi connectivity index (χ1n) is 3.82. The smallest absolute Gasteiger partial charge is 0.250 e. The molecule has 0 radical (unpaired) electrons. The fraction of sp³-hybridized carbons (Fsp3) is 0.375. The molecule has 0 aromatic carbocycles. The molecule has 0 fully saturated rings. The quantitative estimate of drug-likeness (QED) is 0.795. The van der Waals surface area contributed by atoms with E-state index >= 15 is 0 Å².